The van der Waals surface area contributed by atoms with Gasteiger partial charge in [0.05, 0.1) is 35.0 Å². The highest BCUT2D eigenvalue weighted by Crippen LogP contribution is 2.32. The van der Waals surface area contributed by atoms with Gasteiger partial charge in [-0.3, -0.25) is 15.1 Å². The Morgan fingerprint density at radius 3 is 2.69 bits per heavy atom. The first-order chi connectivity index (χ1) is 13.8. The topological polar surface area (TPSA) is 73.0 Å². The second-order valence-corrected chi connectivity index (χ2v) is 6.44. The fourth-order valence-electron chi connectivity index (χ4n) is 2.90. The molecule has 3 heterocycles. The van der Waals surface area contributed by atoms with Crippen LogP contribution in [0.1, 0.15) is 27.4 Å². The van der Waals surface area contributed by atoms with E-state index in [0.29, 0.717) is 16.8 Å². The number of alkyl halides is 3. The maximum absolute atomic E-state index is 13.1. The van der Waals surface area contributed by atoms with Gasteiger partial charge >= 0.3 is 6.18 Å². The highest BCUT2D eigenvalue weighted by Gasteiger charge is 2.31. The standard InChI is InChI=1S/C20H15F3N4O2/c1-12-4-5-13(10-24-12)18(28)26-19-25-16-9-14(20(21,22)23)6-7-17(16)27(19)11-15-3-2-8-29-15/h2-10H,11H2,1H3,(H,25,26,28). The number of halogens is 3. The molecule has 1 aromatic carbocycles. The van der Waals surface area contributed by atoms with Gasteiger partial charge in [-0.25, -0.2) is 4.98 Å². The van der Waals surface area contributed by atoms with Gasteiger partial charge in [-0.15, -0.1) is 0 Å². The molecule has 0 saturated carbocycles. The zero-order valence-corrected chi connectivity index (χ0v) is 15.2. The second kappa shape index (κ2) is 7.08. The number of rotatable bonds is 4. The molecule has 9 heteroatoms. The summed E-state index contributed by atoms with van der Waals surface area (Å²) in [4.78, 5) is 20.9. The van der Waals surface area contributed by atoms with E-state index in [-0.39, 0.29) is 18.0 Å². The first-order valence-corrected chi connectivity index (χ1v) is 8.65. The van der Waals surface area contributed by atoms with E-state index in [9.17, 15) is 18.0 Å². The quantitative estimate of drug-likeness (QED) is 0.541. The molecule has 0 unspecified atom stereocenters. The number of hydrogen-bond donors (Lipinski definition) is 1. The summed E-state index contributed by atoms with van der Waals surface area (Å²) in [5, 5.41) is 2.66. The van der Waals surface area contributed by atoms with Crippen LogP contribution in [0, 0.1) is 6.92 Å². The van der Waals surface area contributed by atoms with Crippen molar-refractivity contribution in [2.24, 2.45) is 0 Å². The van der Waals surface area contributed by atoms with Crippen LogP contribution in [0.5, 0.6) is 0 Å². The van der Waals surface area contributed by atoms with E-state index in [1.807, 2.05) is 0 Å². The van der Waals surface area contributed by atoms with Crippen molar-refractivity contribution in [3.05, 3.63) is 77.5 Å². The number of amides is 1. The van der Waals surface area contributed by atoms with E-state index in [0.717, 1.165) is 17.8 Å². The SMILES string of the molecule is Cc1ccc(C(=O)Nc2nc3cc(C(F)(F)F)ccc3n2Cc2ccco2)cn1. The molecule has 1 N–H and O–H groups in total. The number of nitrogens with zero attached hydrogens (tertiary/aromatic N) is 3. The fourth-order valence-corrected chi connectivity index (χ4v) is 2.90. The Morgan fingerprint density at radius 1 is 1.21 bits per heavy atom. The first kappa shape index (κ1) is 18.7. The van der Waals surface area contributed by atoms with Gasteiger partial charge in [0.25, 0.3) is 5.91 Å². The molecule has 0 aliphatic heterocycles. The Morgan fingerprint density at radius 2 is 2.03 bits per heavy atom. The Hall–Kier alpha value is -3.62. The van der Waals surface area contributed by atoms with Gasteiger partial charge in [0.1, 0.15) is 5.76 Å². The van der Waals surface area contributed by atoms with Crippen molar-refractivity contribution in [1.82, 2.24) is 14.5 Å². The van der Waals surface area contributed by atoms with Crippen molar-refractivity contribution >= 4 is 22.9 Å². The molecule has 0 bridgehead atoms. The lowest BCUT2D eigenvalue weighted by molar-refractivity contribution is -0.137. The van der Waals surface area contributed by atoms with Crippen LogP contribution in [0.4, 0.5) is 19.1 Å². The Labute approximate surface area is 163 Å². The van der Waals surface area contributed by atoms with Crippen molar-refractivity contribution in [2.45, 2.75) is 19.6 Å². The summed E-state index contributed by atoms with van der Waals surface area (Å²) in [5.74, 6) is 0.211. The Kier molecular flexibility index (Phi) is 4.57. The number of anilines is 1. The van der Waals surface area contributed by atoms with Gasteiger partial charge < -0.3 is 8.98 Å². The summed E-state index contributed by atoms with van der Waals surface area (Å²) in [6, 6.07) is 10.00. The molecule has 0 spiro atoms. The van der Waals surface area contributed by atoms with Gasteiger partial charge in [-0.2, -0.15) is 13.2 Å². The van der Waals surface area contributed by atoms with E-state index >= 15 is 0 Å². The van der Waals surface area contributed by atoms with Crippen LogP contribution in [0.3, 0.4) is 0 Å². The Balaban J connectivity index is 1.75. The van der Waals surface area contributed by atoms with Crippen LogP contribution >= 0.6 is 0 Å². The summed E-state index contributed by atoms with van der Waals surface area (Å²) in [6.45, 7) is 1.99. The van der Waals surface area contributed by atoms with Crippen molar-refractivity contribution in [3.8, 4) is 0 Å². The van der Waals surface area contributed by atoms with Crippen molar-refractivity contribution in [1.29, 1.82) is 0 Å². The Bertz CT molecular complexity index is 1160. The van der Waals surface area contributed by atoms with Crippen molar-refractivity contribution in [3.63, 3.8) is 0 Å². The molecule has 0 aliphatic rings. The lowest BCUT2D eigenvalue weighted by Gasteiger charge is -2.09. The maximum atomic E-state index is 13.1. The third-order valence-corrected chi connectivity index (χ3v) is 4.37. The van der Waals surface area contributed by atoms with Crippen LogP contribution in [0.25, 0.3) is 11.0 Å². The molecule has 0 aliphatic carbocycles. The fraction of sp³-hybridized carbons (Fsp3) is 0.150. The molecule has 6 nitrogen and oxygen atoms in total. The predicted molar refractivity (Wildman–Crippen MR) is 99.5 cm³/mol. The summed E-state index contributed by atoms with van der Waals surface area (Å²) in [6.07, 6.45) is -1.58. The number of furan rings is 1. The minimum absolute atomic E-state index is 0.112. The molecule has 29 heavy (non-hydrogen) atoms. The summed E-state index contributed by atoms with van der Waals surface area (Å²) >= 11 is 0. The maximum Gasteiger partial charge on any atom is 0.416 e. The minimum atomic E-state index is -4.49. The van der Waals surface area contributed by atoms with Crippen molar-refractivity contribution in [2.75, 3.05) is 5.32 Å². The summed E-state index contributed by atoms with van der Waals surface area (Å²) < 4.78 is 46.1. The van der Waals surface area contributed by atoms with Crippen LogP contribution in [0.2, 0.25) is 0 Å². The molecule has 4 aromatic rings. The van der Waals surface area contributed by atoms with E-state index in [1.54, 1.807) is 35.8 Å². The number of benzene rings is 1. The lowest BCUT2D eigenvalue weighted by atomic mass is 10.2. The van der Waals surface area contributed by atoms with Crippen LogP contribution < -0.4 is 5.32 Å². The van der Waals surface area contributed by atoms with Crippen molar-refractivity contribution < 1.29 is 22.4 Å². The molecule has 1 amide bonds. The molecule has 0 fully saturated rings. The normalized spacial score (nSPS) is 11.7. The van der Waals surface area contributed by atoms with Gasteiger partial charge in [-0.05, 0) is 49.4 Å². The number of hydrogen-bond acceptors (Lipinski definition) is 4. The number of nitrogens with one attached hydrogen (secondary N) is 1. The first-order valence-electron chi connectivity index (χ1n) is 8.65. The number of carbonyl (C=O) groups is 1. The van der Waals surface area contributed by atoms with Crippen LogP contribution in [-0.2, 0) is 12.7 Å². The average molecular weight is 400 g/mol. The second-order valence-electron chi connectivity index (χ2n) is 6.44. The zero-order chi connectivity index (χ0) is 20.6. The van der Waals surface area contributed by atoms with Gasteiger partial charge in [0.2, 0.25) is 5.95 Å². The number of pyridine rings is 1. The van der Waals surface area contributed by atoms with E-state index in [4.69, 9.17) is 4.42 Å². The molecule has 0 radical (unpaired) electrons. The summed E-state index contributed by atoms with van der Waals surface area (Å²) in [5.41, 5.74) is 0.804. The predicted octanol–water partition coefficient (Wildman–Crippen LogP) is 4.65. The number of aryl methyl sites for hydroxylation is 1. The van der Waals surface area contributed by atoms with E-state index in [2.05, 4.69) is 15.3 Å². The van der Waals surface area contributed by atoms with Gasteiger partial charge in [0.15, 0.2) is 0 Å². The van der Waals surface area contributed by atoms with E-state index in [1.165, 1.54) is 18.5 Å². The zero-order valence-electron chi connectivity index (χ0n) is 15.2. The average Bonchev–Trinajstić information content (AvgIpc) is 3.30. The monoisotopic (exact) mass is 400 g/mol. The smallest absolute Gasteiger partial charge is 0.416 e. The lowest BCUT2D eigenvalue weighted by Crippen LogP contribution is -2.16. The minimum Gasteiger partial charge on any atom is -0.467 e. The highest BCUT2D eigenvalue weighted by molar-refractivity contribution is 6.04. The molecular weight excluding hydrogens is 385 g/mol. The third kappa shape index (κ3) is 3.84. The number of carbonyl (C=O) groups excluding carboxylic acids is 1. The molecule has 0 atom stereocenters. The molecule has 4 rings (SSSR count). The molecular formula is C20H15F3N4O2. The summed E-state index contributed by atoms with van der Waals surface area (Å²) in [7, 11) is 0. The van der Waals surface area contributed by atoms with E-state index < -0.39 is 17.6 Å². The van der Waals surface area contributed by atoms with Crippen LogP contribution in [-0.4, -0.2) is 20.4 Å². The molecule has 148 valence electrons. The number of fused-ring (bicyclic) bond motifs is 1. The van der Waals surface area contributed by atoms with Gasteiger partial charge in [-0.1, -0.05) is 0 Å². The van der Waals surface area contributed by atoms with Crippen LogP contribution in [0.15, 0.2) is 59.3 Å². The van der Waals surface area contributed by atoms with Gasteiger partial charge in [0, 0.05) is 11.9 Å². The number of imidazole rings is 1. The third-order valence-electron chi connectivity index (χ3n) is 4.37. The molecule has 0 saturated heterocycles. The largest absolute Gasteiger partial charge is 0.467 e. The molecule has 3 aromatic heterocycles. The number of aromatic nitrogens is 3. The highest BCUT2D eigenvalue weighted by atomic mass is 19.4.